The summed E-state index contributed by atoms with van der Waals surface area (Å²) in [5, 5.41) is 17.8. The van der Waals surface area contributed by atoms with Crippen LogP contribution in [-0.4, -0.2) is 11.9 Å². The molecule has 0 rings (SSSR count). The van der Waals surface area contributed by atoms with Gasteiger partial charge in [0.15, 0.2) is 0 Å². The maximum Gasteiger partial charge on any atom is 3.00 e. The zero-order valence-corrected chi connectivity index (χ0v) is 7.58. The molecule has 0 aromatic rings. The summed E-state index contributed by atoms with van der Waals surface area (Å²) in [7, 11) is 0. The Balaban J connectivity index is -0.0000000339. The summed E-state index contributed by atoms with van der Waals surface area (Å²) >= 11 is 0. The summed E-state index contributed by atoms with van der Waals surface area (Å²) in [6.07, 6.45) is 0. The molecule has 11 heavy (non-hydrogen) atoms. The molecular weight excluding hydrogens is 243 g/mol. The van der Waals surface area contributed by atoms with E-state index in [1.54, 1.807) is 0 Å². The molecular formula is C4H6NO5Ru. The summed E-state index contributed by atoms with van der Waals surface area (Å²) in [4.78, 5) is 25.0. The maximum absolute atomic E-state index is 8.89. The molecule has 0 bridgehead atoms. The van der Waals surface area contributed by atoms with Crippen molar-refractivity contribution in [2.75, 3.05) is 0 Å². The predicted octanol–water partition coefficient (Wildman–Crippen LogP) is -2.17. The number of nitroso groups, excluding NO2 is 1. The van der Waals surface area contributed by atoms with Crippen molar-refractivity contribution in [2.24, 2.45) is 0 Å². The number of carbonyl (C=O) groups excluding carboxylic acids is 2. The second-order valence-electron chi connectivity index (χ2n) is 0.983. The first-order valence-electron chi connectivity index (χ1n) is 2.00. The second kappa shape index (κ2) is 22.9. The summed E-state index contributed by atoms with van der Waals surface area (Å²) in [6.45, 7) is 1.94. The average molecular weight is 249 g/mol. The summed E-state index contributed by atoms with van der Waals surface area (Å²) in [5.74, 6) is -2.17. The van der Waals surface area contributed by atoms with Crippen molar-refractivity contribution in [2.45, 2.75) is 13.8 Å². The molecule has 0 fully saturated rings. The van der Waals surface area contributed by atoms with Crippen molar-refractivity contribution >= 4 is 11.9 Å². The fourth-order valence-corrected chi connectivity index (χ4v) is 0. The number of nitrogens with zero attached hydrogens (tertiary/aromatic N) is 1. The van der Waals surface area contributed by atoms with Crippen molar-refractivity contribution < 1.29 is 39.3 Å². The van der Waals surface area contributed by atoms with Crippen LogP contribution in [0.15, 0.2) is 0 Å². The zero-order chi connectivity index (χ0) is 9.15. The normalized spacial score (nSPS) is 4.91. The van der Waals surface area contributed by atoms with Gasteiger partial charge in [-0.3, -0.25) is 0 Å². The molecule has 1 radical (unpaired) electrons. The van der Waals surface area contributed by atoms with Gasteiger partial charge in [-0.25, -0.2) is 0 Å². The number of carboxylic acid groups (broad SMARTS) is 2. The molecule has 0 aliphatic heterocycles. The molecule has 7 heteroatoms. The van der Waals surface area contributed by atoms with Crippen LogP contribution in [0.25, 0.3) is 5.59 Å². The van der Waals surface area contributed by atoms with E-state index in [0.717, 1.165) is 13.8 Å². The molecule has 0 atom stereocenters. The standard InChI is InChI=1S/2C2H4O2.NO.Ru/c2*1-2(3)4;1-2;/h2*1H3,(H,3,4);;/q;;-1;+3/p-2. The van der Waals surface area contributed by atoms with Gasteiger partial charge in [0.2, 0.25) is 0 Å². The Hall–Kier alpha value is -0.837. The van der Waals surface area contributed by atoms with Crippen LogP contribution in [0.2, 0.25) is 0 Å². The van der Waals surface area contributed by atoms with Crippen LogP contribution in [-0.2, 0) is 29.1 Å². The van der Waals surface area contributed by atoms with E-state index in [-0.39, 0.29) is 19.5 Å². The minimum atomic E-state index is -1.08. The molecule has 0 saturated heterocycles. The smallest absolute Gasteiger partial charge is 0.577 e. The van der Waals surface area contributed by atoms with Crippen molar-refractivity contribution in [3.8, 4) is 0 Å². The Kier molecular flexibility index (Phi) is 46.8. The minimum absolute atomic E-state index is 0. The Morgan fingerprint density at radius 1 is 1.00 bits per heavy atom. The predicted molar refractivity (Wildman–Crippen MR) is 28.1 cm³/mol. The van der Waals surface area contributed by atoms with E-state index in [1.165, 1.54) is 0 Å². The second-order valence-corrected chi connectivity index (χ2v) is 0.983. The Bertz CT molecular complexity index is 86.7. The first kappa shape index (κ1) is 22.5. The van der Waals surface area contributed by atoms with Gasteiger partial charge in [0, 0.05) is 11.9 Å². The van der Waals surface area contributed by atoms with Crippen LogP contribution in [0, 0.1) is 4.91 Å². The topological polar surface area (TPSA) is 120 Å². The number of carboxylic acids is 2. The number of rotatable bonds is 0. The van der Waals surface area contributed by atoms with E-state index in [2.05, 4.69) is 0 Å². The van der Waals surface area contributed by atoms with E-state index in [9.17, 15) is 0 Å². The van der Waals surface area contributed by atoms with Gasteiger partial charge in [0.1, 0.15) is 0 Å². The van der Waals surface area contributed by atoms with Crippen LogP contribution in [0.5, 0.6) is 0 Å². The summed E-state index contributed by atoms with van der Waals surface area (Å²) in [6, 6.07) is 0. The van der Waals surface area contributed by atoms with Crippen molar-refractivity contribution in [3.05, 3.63) is 10.5 Å². The maximum atomic E-state index is 8.89. The van der Waals surface area contributed by atoms with Crippen LogP contribution in [0.3, 0.4) is 0 Å². The number of hydrogen-bond acceptors (Lipinski definition) is 5. The van der Waals surface area contributed by atoms with Gasteiger partial charge in [-0.05, 0) is 13.8 Å². The number of aliphatic carboxylic acids is 2. The molecule has 0 spiro atoms. The van der Waals surface area contributed by atoms with Gasteiger partial charge >= 0.3 is 19.5 Å². The fourth-order valence-electron chi connectivity index (χ4n) is 0. The average Bonchev–Trinajstić information content (AvgIpc) is 1.66. The summed E-state index contributed by atoms with van der Waals surface area (Å²) < 4.78 is 0. The SMILES string of the molecule is CC(=O)[O-].CC(=O)[O-].[N-]=O.[Ru+3]. The molecule has 0 N–H and O–H groups in total. The molecule has 0 aromatic carbocycles. The van der Waals surface area contributed by atoms with Gasteiger partial charge < -0.3 is 30.3 Å². The molecule has 0 amide bonds. The van der Waals surface area contributed by atoms with Gasteiger partial charge in [-0.15, -0.1) is 0 Å². The van der Waals surface area contributed by atoms with Gasteiger partial charge in [0.05, 0.1) is 0 Å². The molecule has 0 aliphatic rings. The minimum Gasteiger partial charge on any atom is -0.577 e. The number of hydrogen-bond donors (Lipinski definition) is 0. The van der Waals surface area contributed by atoms with Crippen LogP contribution in [0.1, 0.15) is 13.8 Å². The monoisotopic (exact) mass is 250 g/mol. The molecule has 6 nitrogen and oxygen atoms in total. The van der Waals surface area contributed by atoms with Crippen molar-refractivity contribution in [1.82, 2.24) is 0 Å². The molecule has 0 heterocycles. The van der Waals surface area contributed by atoms with E-state index in [0.29, 0.717) is 0 Å². The van der Waals surface area contributed by atoms with Gasteiger partial charge in [-0.1, -0.05) is 0 Å². The molecule has 0 saturated carbocycles. The third-order valence-electron chi connectivity index (χ3n) is 0. The van der Waals surface area contributed by atoms with Crippen LogP contribution >= 0.6 is 0 Å². The summed E-state index contributed by atoms with van der Waals surface area (Å²) in [5.41, 5.74) is 5.75. The van der Waals surface area contributed by atoms with Crippen molar-refractivity contribution in [3.63, 3.8) is 0 Å². The Morgan fingerprint density at radius 2 is 1.00 bits per heavy atom. The first-order valence-corrected chi connectivity index (χ1v) is 2.00. The van der Waals surface area contributed by atoms with Gasteiger partial charge in [0.25, 0.3) is 0 Å². The number of carbonyl (C=O) groups is 2. The molecule has 0 aromatic heterocycles. The Labute approximate surface area is 76.1 Å². The molecule has 0 aliphatic carbocycles. The van der Waals surface area contributed by atoms with Crippen LogP contribution in [0.4, 0.5) is 0 Å². The third-order valence-corrected chi connectivity index (χ3v) is 0. The van der Waals surface area contributed by atoms with E-state index in [1.807, 2.05) is 0 Å². The fraction of sp³-hybridized carbons (Fsp3) is 0.500. The molecule has 65 valence electrons. The van der Waals surface area contributed by atoms with Crippen molar-refractivity contribution in [1.29, 1.82) is 0 Å². The third kappa shape index (κ3) is 672. The Morgan fingerprint density at radius 3 is 1.00 bits per heavy atom. The first-order chi connectivity index (χ1) is 4.46. The van der Waals surface area contributed by atoms with E-state index >= 15 is 0 Å². The largest absolute Gasteiger partial charge is 3.00 e. The molecule has 0 unspecified atom stereocenters. The van der Waals surface area contributed by atoms with E-state index < -0.39 is 11.9 Å². The van der Waals surface area contributed by atoms with E-state index in [4.69, 9.17) is 30.3 Å². The quantitative estimate of drug-likeness (QED) is 0.452. The van der Waals surface area contributed by atoms with Gasteiger partial charge in [-0.2, -0.15) is 0 Å². The van der Waals surface area contributed by atoms with Crippen LogP contribution < -0.4 is 10.2 Å². The zero-order valence-electron chi connectivity index (χ0n) is 5.84.